The molecule has 29 heavy (non-hydrogen) atoms. The van der Waals surface area contributed by atoms with Gasteiger partial charge in [0, 0.05) is 29.9 Å². The van der Waals surface area contributed by atoms with E-state index in [9.17, 15) is 4.79 Å². The minimum absolute atomic E-state index is 0.00665. The lowest BCUT2D eigenvalue weighted by molar-refractivity contribution is -0.0266. The number of hydrogen-bond donors (Lipinski definition) is 2. The SMILES string of the molecule is CC1CCCC(C)CC(N2C3CCCC2CC(NC(=O)c2ccccc2N)C3)C1. The van der Waals surface area contributed by atoms with Crippen LogP contribution < -0.4 is 11.1 Å². The van der Waals surface area contributed by atoms with Crippen molar-refractivity contribution >= 4 is 11.6 Å². The van der Waals surface area contributed by atoms with Gasteiger partial charge in [0.2, 0.25) is 0 Å². The van der Waals surface area contributed by atoms with Crippen molar-refractivity contribution in [2.45, 2.75) is 102 Å². The molecular weight excluding hydrogens is 358 g/mol. The first-order valence-corrected chi connectivity index (χ1v) is 11.9. The number of para-hydroxylation sites is 1. The van der Waals surface area contributed by atoms with E-state index in [1.807, 2.05) is 24.3 Å². The molecule has 3 aliphatic rings. The van der Waals surface area contributed by atoms with E-state index >= 15 is 0 Å². The standard InChI is InChI=1S/C25H39N3O/c1-17-7-5-8-18(2)14-22(13-17)28-20-9-6-10-21(28)16-19(15-20)27-25(29)23-11-3-4-12-24(23)26/h3-4,11-12,17-22H,5-10,13-16,26H2,1-2H3,(H,27,29). The van der Waals surface area contributed by atoms with Crippen molar-refractivity contribution in [2.75, 3.05) is 5.73 Å². The Morgan fingerprint density at radius 2 is 1.48 bits per heavy atom. The van der Waals surface area contributed by atoms with Crippen LogP contribution >= 0.6 is 0 Å². The maximum Gasteiger partial charge on any atom is 0.253 e. The zero-order valence-corrected chi connectivity index (χ0v) is 18.3. The first-order valence-electron chi connectivity index (χ1n) is 11.9. The number of nitrogen functional groups attached to an aromatic ring is 1. The van der Waals surface area contributed by atoms with E-state index in [1.165, 1.54) is 51.4 Å². The lowest BCUT2D eigenvalue weighted by Crippen LogP contribution is -2.60. The number of anilines is 1. The Kier molecular flexibility index (Phi) is 6.48. The molecule has 2 bridgehead atoms. The third-order valence-electron chi connectivity index (χ3n) is 7.74. The van der Waals surface area contributed by atoms with Crippen molar-refractivity contribution in [3.05, 3.63) is 29.8 Å². The van der Waals surface area contributed by atoms with Crippen molar-refractivity contribution in [2.24, 2.45) is 11.8 Å². The highest BCUT2D eigenvalue weighted by atomic mass is 16.1. The lowest BCUT2D eigenvalue weighted by Gasteiger charge is -2.53. The van der Waals surface area contributed by atoms with Crippen molar-refractivity contribution < 1.29 is 4.79 Å². The summed E-state index contributed by atoms with van der Waals surface area (Å²) >= 11 is 0. The quantitative estimate of drug-likeness (QED) is 0.707. The molecule has 4 heteroatoms. The van der Waals surface area contributed by atoms with E-state index in [4.69, 9.17) is 5.73 Å². The largest absolute Gasteiger partial charge is 0.398 e. The molecule has 4 nitrogen and oxygen atoms in total. The summed E-state index contributed by atoms with van der Waals surface area (Å²) < 4.78 is 0. The third kappa shape index (κ3) is 4.79. The number of nitrogens with one attached hydrogen (secondary N) is 1. The summed E-state index contributed by atoms with van der Waals surface area (Å²) in [5.74, 6) is 1.67. The number of benzene rings is 1. The van der Waals surface area contributed by atoms with Gasteiger partial charge in [0.1, 0.15) is 0 Å². The molecule has 3 N–H and O–H groups in total. The Morgan fingerprint density at radius 1 is 0.897 bits per heavy atom. The summed E-state index contributed by atoms with van der Waals surface area (Å²) in [7, 11) is 0. The summed E-state index contributed by atoms with van der Waals surface area (Å²) in [5, 5.41) is 3.32. The first kappa shape index (κ1) is 20.7. The number of nitrogens with zero attached hydrogens (tertiary/aromatic N) is 1. The van der Waals surface area contributed by atoms with Crippen LogP contribution in [-0.4, -0.2) is 35.0 Å². The second-order valence-electron chi connectivity index (χ2n) is 10.2. The van der Waals surface area contributed by atoms with E-state index < -0.39 is 0 Å². The lowest BCUT2D eigenvalue weighted by atomic mass is 9.76. The second-order valence-corrected chi connectivity index (χ2v) is 10.2. The van der Waals surface area contributed by atoms with Crippen LogP contribution in [0.5, 0.6) is 0 Å². The normalized spacial score (nSPS) is 36.1. The fraction of sp³-hybridized carbons (Fsp3) is 0.720. The van der Waals surface area contributed by atoms with Gasteiger partial charge in [-0.05, 0) is 62.5 Å². The number of amides is 1. The number of carbonyl (C=O) groups excluding carboxylic acids is 1. The number of piperidine rings is 2. The molecule has 0 aromatic heterocycles. The Labute approximate surface area is 176 Å². The molecule has 2 aliphatic heterocycles. The molecule has 3 fully saturated rings. The van der Waals surface area contributed by atoms with Gasteiger partial charge in [0.15, 0.2) is 0 Å². The summed E-state index contributed by atoms with van der Waals surface area (Å²) in [4.78, 5) is 15.7. The van der Waals surface area contributed by atoms with Crippen LogP contribution in [0.1, 0.15) is 88.4 Å². The molecule has 1 saturated carbocycles. The van der Waals surface area contributed by atoms with Gasteiger partial charge in [-0.15, -0.1) is 0 Å². The number of fused-ring (bicyclic) bond motifs is 2. The zero-order valence-electron chi connectivity index (χ0n) is 18.3. The van der Waals surface area contributed by atoms with Crippen molar-refractivity contribution in [3.63, 3.8) is 0 Å². The van der Waals surface area contributed by atoms with Gasteiger partial charge in [-0.2, -0.15) is 0 Å². The van der Waals surface area contributed by atoms with Crippen LogP contribution in [-0.2, 0) is 0 Å². The van der Waals surface area contributed by atoms with Crippen LogP contribution in [0.3, 0.4) is 0 Å². The van der Waals surface area contributed by atoms with Gasteiger partial charge in [-0.1, -0.05) is 51.7 Å². The molecule has 1 amide bonds. The van der Waals surface area contributed by atoms with Crippen molar-refractivity contribution in [3.8, 4) is 0 Å². The molecule has 4 rings (SSSR count). The van der Waals surface area contributed by atoms with E-state index in [1.54, 1.807) is 0 Å². The first-order chi connectivity index (χ1) is 14.0. The summed E-state index contributed by atoms with van der Waals surface area (Å²) in [6.07, 6.45) is 13.0. The highest BCUT2D eigenvalue weighted by Gasteiger charge is 2.42. The highest BCUT2D eigenvalue weighted by Crippen LogP contribution is 2.40. The topological polar surface area (TPSA) is 58.4 Å². The van der Waals surface area contributed by atoms with Gasteiger partial charge in [-0.3, -0.25) is 9.69 Å². The van der Waals surface area contributed by atoms with Crippen LogP contribution in [0, 0.1) is 11.8 Å². The van der Waals surface area contributed by atoms with Crippen molar-refractivity contribution in [1.82, 2.24) is 10.2 Å². The average Bonchev–Trinajstić information content (AvgIpc) is 2.65. The molecule has 1 aromatic rings. The van der Waals surface area contributed by atoms with E-state index in [-0.39, 0.29) is 11.9 Å². The molecule has 2 heterocycles. The van der Waals surface area contributed by atoms with E-state index in [0.29, 0.717) is 23.3 Å². The van der Waals surface area contributed by atoms with Gasteiger partial charge < -0.3 is 11.1 Å². The third-order valence-corrected chi connectivity index (χ3v) is 7.74. The fourth-order valence-corrected chi connectivity index (χ4v) is 6.42. The second kappa shape index (κ2) is 9.07. The van der Waals surface area contributed by atoms with Crippen LogP contribution in [0.25, 0.3) is 0 Å². The van der Waals surface area contributed by atoms with Crippen LogP contribution in [0.4, 0.5) is 5.69 Å². The van der Waals surface area contributed by atoms with Gasteiger partial charge in [0.25, 0.3) is 5.91 Å². The zero-order chi connectivity index (χ0) is 20.4. The average molecular weight is 398 g/mol. The monoisotopic (exact) mass is 397 g/mol. The molecule has 2 saturated heterocycles. The molecule has 4 atom stereocenters. The van der Waals surface area contributed by atoms with Gasteiger partial charge in [-0.25, -0.2) is 0 Å². The van der Waals surface area contributed by atoms with Crippen LogP contribution in [0.15, 0.2) is 24.3 Å². The number of hydrogen-bond acceptors (Lipinski definition) is 3. The minimum Gasteiger partial charge on any atom is -0.398 e. The summed E-state index contributed by atoms with van der Waals surface area (Å²) in [6.45, 7) is 4.91. The highest BCUT2D eigenvalue weighted by molar-refractivity contribution is 5.99. The van der Waals surface area contributed by atoms with Crippen LogP contribution in [0.2, 0.25) is 0 Å². The number of rotatable bonds is 3. The Morgan fingerprint density at radius 3 is 2.10 bits per heavy atom. The molecular formula is C25H39N3O. The van der Waals surface area contributed by atoms with Gasteiger partial charge in [0.05, 0.1) is 5.56 Å². The Bertz CT molecular complexity index is 679. The van der Waals surface area contributed by atoms with E-state index in [2.05, 4.69) is 24.1 Å². The Hall–Kier alpha value is -1.55. The smallest absolute Gasteiger partial charge is 0.253 e. The predicted molar refractivity (Wildman–Crippen MR) is 120 cm³/mol. The molecule has 1 aliphatic carbocycles. The molecule has 4 unspecified atom stereocenters. The van der Waals surface area contributed by atoms with E-state index in [0.717, 1.165) is 30.7 Å². The van der Waals surface area contributed by atoms with Crippen molar-refractivity contribution in [1.29, 1.82) is 0 Å². The molecule has 0 spiro atoms. The molecule has 1 aromatic carbocycles. The number of carbonyl (C=O) groups is 1. The molecule has 0 radical (unpaired) electrons. The number of nitrogens with two attached hydrogens (primary N) is 1. The Balaban J connectivity index is 1.44. The maximum absolute atomic E-state index is 12.8. The maximum atomic E-state index is 12.8. The molecule has 160 valence electrons. The fourth-order valence-electron chi connectivity index (χ4n) is 6.42. The summed E-state index contributed by atoms with van der Waals surface area (Å²) in [5.41, 5.74) is 7.21. The predicted octanol–water partition coefficient (Wildman–Crippen LogP) is 4.99. The summed E-state index contributed by atoms with van der Waals surface area (Å²) in [6, 6.07) is 9.68. The minimum atomic E-state index is -0.00665. The van der Waals surface area contributed by atoms with Gasteiger partial charge >= 0.3 is 0 Å².